The highest BCUT2D eigenvalue weighted by atomic mass is 32.2. The van der Waals surface area contributed by atoms with Gasteiger partial charge in [0.25, 0.3) is 10.0 Å². The largest absolute Gasteiger partial charge is 0.335 e. The van der Waals surface area contributed by atoms with Gasteiger partial charge in [0.05, 0.1) is 10.6 Å². The minimum Gasteiger partial charge on any atom is -0.335 e. The Bertz CT molecular complexity index is 1030. The fraction of sp³-hybridized carbons (Fsp3) is 0.435. The van der Waals surface area contributed by atoms with Crippen LogP contribution in [-0.4, -0.2) is 27.0 Å². The monoisotopic (exact) mass is 427 g/mol. The highest BCUT2D eigenvalue weighted by Gasteiger charge is 2.28. The van der Waals surface area contributed by atoms with Gasteiger partial charge in [-0.2, -0.15) is 0 Å². The van der Waals surface area contributed by atoms with E-state index in [1.807, 2.05) is 25.1 Å². The van der Waals surface area contributed by atoms with E-state index in [0.29, 0.717) is 18.7 Å². The van der Waals surface area contributed by atoms with Crippen LogP contribution in [0.4, 0.5) is 16.2 Å². The molecule has 4 rings (SSSR count). The van der Waals surface area contributed by atoms with Crippen molar-refractivity contribution in [3.8, 4) is 0 Å². The highest BCUT2D eigenvalue weighted by molar-refractivity contribution is 7.92. The summed E-state index contributed by atoms with van der Waals surface area (Å²) in [7, 11) is -3.70. The van der Waals surface area contributed by atoms with Crippen molar-refractivity contribution in [3.63, 3.8) is 0 Å². The van der Waals surface area contributed by atoms with Crippen LogP contribution < -0.4 is 14.9 Å². The number of nitrogens with one attached hydrogen (secondary N) is 2. The van der Waals surface area contributed by atoms with Gasteiger partial charge in [-0.3, -0.25) is 9.62 Å². The van der Waals surface area contributed by atoms with Crippen molar-refractivity contribution in [2.75, 3.05) is 16.2 Å². The Morgan fingerprint density at radius 1 is 1.10 bits per heavy atom. The molecule has 0 radical (unpaired) electrons. The molecule has 1 fully saturated rings. The number of benzene rings is 2. The third kappa shape index (κ3) is 4.31. The summed E-state index contributed by atoms with van der Waals surface area (Å²) in [6.45, 7) is 2.57. The van der Waals surface area contributed by atoms with Gasteiger partial charge in [-0.15, -0.1) is 0 Å². The molecule has 160 valence electrons. The van der Waals surface area contributed by atoms with Crippen LogP contribution in [0.5, 0.6) is 0 Å². The van der Waals surface area contributed by atoms with Gasteiger partial charge in [0.1, 0.15) is 0 Å². The molecule has 2 amide bonds. The second-order valence-electron chi connectivity index (χ2n) is 8.09. The SMILES string of the molecule is CCc1ccccc1NS(=O)(=O)c1ccc2c(c1)CCN2C(=O)NC1CCCCC1. The Morgan fingerprint density at radius 2 is 1.87 bits per heavy atom. The lowest BCUT2D eigenvalue weighted by Crippen LogP contribution is -2.45. The third-order valence-corrected chi connectivity index (χ3v) is 7.44. The minimum atomic E-state index is -3.70. The number of carbonyl (C=O) groups is 1. The maximum atomic E-state index is 12.9. The number of aryl methyl sites for hydroxylation is 1. The fourth-order valence-corrected chi connectivity index (χ4v) is 5.54. The second-order valence-corrected chi connectivity index (χ2v) is 9.78. The Labute approximate surface area is 178 Å². The average Bonchev–Trinajstić information content (AvgIpc) is 3.18. The lowest BCUT2D eigenvalue weighted by Gasteiger charge is -2.26. The molecule has 0 bridgehead atoms. The van der Waals surface area contributed by atoms with Crippen molar-refractivity contribution in [1.82, 2.24) is 5.32 Å². The number of fused-ring (bicyclic) bond motifs is 1. The molecular weight excluding hydrogens is 398 g/mol. The van der Waals surface area contributed by atoms with Gasteiger partial charge >= 0.3 is 6.03 Å². The van der Waals surface area contributed by atoms with Gasteiger partial charge in [0.2, 0.25) is 0 Å². The Balaban J connectivity index is 1.51. The molecule has 0 spiro atoms. The van der Waals surface area contributed by atoms with E-state index < -0.39 is 10.0 Å². The lowest BCUT2D eigenvalue weighted by molar-refractivity contribution is 0.238. The average molecular weight is 428 g/mol. The van der Waals surface area contributed by atoms with Gasteiger partial charge in [-0.1, -0.05) is 44.4 Å². The van der Waals surface area contributed by atoms with Gasteiger partial charge < -0.3 is 5.32 Å². The van der Waals surface area contributed by atoms with Crippen molar-refractivity contribution in [2.24, 2.45) is 0 Å². The number of sulfonamides is 1. The molecule has 2 N–H and O–H groups in total. The normalized spacial score (nSPS) is 16.9. The third-order valence-electron chi connectivity index (χ3n) is 6.08. The summed E-state index contributed by atoms with van der Waals surface area (Å²) in [5, 5.41) is 3.15. The minimum absolute atomic E-state index is 0.0775. The van der Waals surface area contributed by atoms with Crippen LogP contribution in [0.3, 0.4) is 0 Å². The molecule has 0 saturated heterocycles. The zero-order valence-electron chi connectivity index (χ0n) is 17.4. The first-order chi connectivity index (χ1) is 14.5. The number of hydrogen-bond donors (Lipinski definition) is 2. The van der Waals surface area contributed by atoms with Crippen molar-refractivity contribution in [3.05, 3.63) is 53.6 Å². The molecule has 2 aromatic rings. The molecule has 1 heterocycles. The maximum Gasteiger partial charge on any atom is 0.322 e. The van der Waals surface area contributed by atoms with Crippen molar-refractivity contribution in [1.29, 1.82) is 0 Å². The Hall–Kier alpha value is -2.54. The summed E-state index contributed by atoms with van der Waals surface area (Å²) in [5.41, 5.74) is 3.25. The van der Waals surface area contributed by atoms with Gasteiger partial charge in [0.15, 0.2) is 0 Å². The van der Waals surface area contributed by atoms with E-state index in [0.717, 1.165) is 48.9 Å². The summed E-state index contributed by atoms with van der Waals surface area (Å²) in [6, 6.07) is 12.6. The van der Waals surface area contributed by atoms with Crippen LogP contribution in [0.25, 0.3) is 0 Å². The summed E-state index contributed by atoms with van der Waals surface area (Å²) < 4.78 is 28.6. The van der Waals surface area contributed by atoms with E-state index in [2.05, 4.69) is 10.0 Å². The molecule has 0 aromatic heterocycles. The molecule has 1 aliphatic heterocycles. The van der Waals surface area contributed by atoms with Crippen LogP contribution in [0.1, 0.15) is 50.2 Å². The topological polar surface area (TPSA) is 78.5 Å². The number of carbonyl (C=O) groups excluding carboxylic acids is 1. The molecular formula is C23H29N3O3S. The smallest absolute Gasteiger partial charge is 0.322 e. The van der Waals surface area contributed by atoms with E-state index in [-0.39, 0.29) is 17.0 Å². The van der Waals surface area contributed by atoms with Crippen LogP contribution in [-0.2, 0) is 22.9 Å². The number of hydrogen-bond acceptors (Lipinski definition) is 3. The standard InChI is InChI=1S/C23H29N3O3S/c1-2-17-8-6-7-11-21(17)25-30(28,29)20-12-13-22-18(16-20)14-15-26(22)23(27)24-19-9-4-3-5-10-19/h6-8,11-13,16,19,25H,2-5,9-10,14-15H2,1H3,(H,24,27). The van der Waals surface area contributed by atoms with Crippen molar-refractivity contribution in [2.45, 2.75) is 62.8 Å². The summed E-state index contributed by atoms with van der Waals surface area (Å²) in [6.07, 6.45) is 7.04. The Kier molecular flexibility index (Phi) is 5.99. The zero-order chi connectivity index (χ0) is 21.1. The van der Waals surface area contributed by atoms with Crippen LogP contribution in [0.15, 0.2) is 47.4 Å². The molecule has 0 atom stereocenters. The summed E-state index contributed by atoms with van der Waals surface area (Å²) in [5.74, 6) is 0. The molecule has 6 nitrogen and oxygen atoms in total. The number of rotatable bonds is 5. The van der Waals surface area contributed by atoms with Gasteiger partial charge in [-0.25, -0.2) is 13.2 Å². The first-order valence-corrected chi connectivity index (χ1v) is 12.3. The number of urea groups is 1. The molecule has 1 saturated carbocycles. The highest BCUT2D eigenvalue weighted by Crippen LogP contribution is 2.31. The number of nitrogens with zero attached hydrogens (tertiary/aromatic N) is 1. The predicted molar refractivity (Wildman–Crippen MR) is 120 cm³/mol. The van der Waals surface area contributed by atoms with Crippen LogP contribution in [0, 0.1) is 0 Å². The lowest BCUT2D eigenvalue weighted by atomic mass is 9.96. The van der Waals surface area contributed by atoms with E-state index in [9.17, 15) is 13.2 Å². The van der Waals surface area contributed by atoms with E-state index in [1.54, 1.807) is 29.2 Å². The Morgan fingerprint density at radius 3 is 2.63 bits per heavy atom. The summed E-state index contributed by atoms with van der Waals surface area (Å²) >= 11 is 0. The zero-order valence-corrected chi connectivity index (χ0v) is 18.2. The van der Waals surface area contributed by atoms with Crippen molar-refractivity contribution < 1.29 is 13.2 Å². The predicted octanol–water partition coefficient (Wildman–Crippen LogP) is 4.45. The summed E-state index contributed by atoms with van der Waals surface area (Å²) in [4.78, 5) is 14.7. The van der Waals surface area contributed by atoms with Gasteiger partial charge in [-0.05, 0) is 61.1 Å². The number of anilines is 2. The van der Waals surface area contributed by atoms with Crippen LogP contribution >= 0.6 is 0 Å². The maximum absolute atomic E-state index is 12.9. The molecule has 7 heteroatoms. The van der Waals surface area contributed by atoms with Crippen molar-refractivity contribution >= 4 is 27.4 Å². The second kappa shape index (κ2) is 8.68. The van der Waals surface area contributed by atoms with E-state index in [4.69, 9.17) is 0 Å². The van der Waals surface area contributed by atoms with Gasteiger partial charge in [0, 0.05) is 18.3 Å². The first kappa shape index (κ1) is 20.7. The number of para-hydroxylation sites is 1. The first-order valence-electron chi connectivity index (χ1n) is 10.8. The molecule has 0 unspecified atom stereocenters. The molecule has 1 aliphatic carbocycles. The fourth-order valence-electron chi connectivity index (χ4n) is 4.39. The molecule has 30 heavy (non-hydrogen) atoms. The molecule has 2 aliphatic rings. The van der Waals surface area contributed by atoms with Crippen LogP contribution in [0.2, 0.25) is 0 Å². The van der Waals surface area contributed by atoms with E-state index in [1.165, 1.54) is 6.42 Å². The molecule has 2 aromatic carbocycles. The number of amides is 2. The quantitative estimate of drug-likeness (QED) is 0.740. The van der Waals surface area contributed by atoms with E-state index >= 15 is 0 Å².